The number of para-hydroxylation sites is 1. The summed E-state index contributed by atoms with van der Waals surface area (Å²) in [7, 11) is 0. The monoisotopic (exact) mass is 349 g/mol. The van der Waals surface area contributed by atoms with Gasteiger partial charge in [0.15, 0.2) is 0 Å². The van der Waals surface area contributed by atoms with Gasteiger partial charge < -0.3 is 9.64 Å². The van der Waals surface area contributed by atoms with Crippen molar-refractivity contribution in [3.05, 3.63) is 63.9 Å². The molecule has 0 radical (unpaired) electrons. The SMILES string of the molecule is O=C(c1cccc(F)c1Br)N1CCOc2ccccc2C1. The van der Waals surface area contributed by atoms with Gasteiger partial charge in [-0.05, 0) is 34.1 Å². The fraction of sp³-hybridized carbons (Fsp3) is 0.188. The molecule has 108 valence electrons. The van der Waals surface area contributed by atoms with Crippen LogP contribution in [0, 0.1) is 5.82 Å². The second-order valence-corrected chi connectivity index (χ2v) is 5.58. The van der Waals surface area contributed by atoms with Crippen molar-refractivity contribution in [1.82, 2.24) is 4.90 Å². The summed E-state index contributed by atoms with van der Waals surface area (Å²) in [6, 6.07) is 12.1. The first kappa shape index (κ1) is 14.1. The Hall–Kier alpha value is -1.88. The maximum atomic E-state index is 13.6. The van der Waals surface area contributed by atoms with Gasteiger partial charge in [-0.3, -0.25) is 4.79 Å². The van der Waals surface area contributed by atoms with Gasteiger partial charge in [0.2, 0.25) is 0 Å². The van der Waals surface area contributed by atoms with E-state index in [0.717, 1.165) is 11.3 Å². The predicted molar refractivity (Wildman–Crippen MR) is 80.8 cm³/mol. The molecule has 0 aliphatic carbocycles. The number of carbonyl (C=O) groups is 1. The van der Waals surface area contributed by atoms with Crippen LogP contribution in [-0.2, 0) is 6.54 Å². The molecule has 1 amide bonds. The summed E-state index contributed by atoms with van der Waals surface area (Å²) in [5.74, 6) is 0.153. The van der Waals surface area contributed by atoms with Crippen molar-refractivity contribution < 1.29 is 13.9 Å². The van der Waals surface area contributed by atoms with E-state index in [1.807, 2.05) is 24.3 Å². The van der Waals surface area contributed by atoms with Crippen LogP contribution in [-0.4, -0.2) is 24.0 Å². The molecule has 2 aromatic rings. The third-order valence-electron chi connectivity index (χ3n) is 3.42. The highest BCUT2D eigenvalue weighted by atomic mass is 79.9. The van der Waals surface area contributed by atoms with E-state index in [1.165, 1.54) is 12.1 Å². The lowest BCUT2D eigenvalue weighted by molar-refractivity contribution is 0.0731. The van der Waals surface area contributed by atoms with Crippen LogP contribution in [0.25, 0.3) is 0 Å². The summed E-state index contributed by atoms with van der Waals surface area (Å²) in [6.07, 6.45) is 0. The van der Waals surface area contributed by atoms with E-state index < -0.39 is 5.82 Å². The molecule has 5 heteroatoms. The summed E-state index contributed by atoms with van der Waals surface area (Å²) in [5, 5.41) is 0. The lowest BCUT2D eigenvalue weighted by Gasteiger charge is -2.20. The van der Waals surface area contributed by atoms with Crippen molar-refractivity contribution in [3.63, 3.8) is 0 Å². The van der Waals surface area contributed by atoms with Crippen molar-refractivity contribution in [3.8, 4) is 5.75 Å². The van der Waals surface area contributed by atoms with E-state index >= 15 is 0 Å². The number of hydrogen-bond donors (Lipinski definition) is 0. The maximum absolute atomic E-state index is 13.6. The summed E-state index contributed by atoms with van der Waals surface area (Å²) in [6.45, 7) is 1.35. The van der Waals surface area contributed by atoms with E-state index in [2.05, 4.69) is 15.9 Å². The van der Waals surface area contributed by atoms with Gasteiger partial charge in [0.25, 0.3) is 5.91 Å². The molecule has 0 saturated heterocycles. The van der Waals surface area contributed by atoms with Crippen molar-refractivity contribution in [2.24, 2.45) is 0 Å². The van der Waals surface area contributed by atoms with Crippen LogP contribution in [0.5, 0.6) is 5.75 Å². The molecule has 0 unspecified atom stereocenters. The minimum Gasteiger partial charge on any atom is -0.491 e. The minimum absolute atomic E-state index is 0.202. The van der Waals surface area contributed by atoms with E-state index in [-0.39, 0.29) is 10.4 Å². The molecule has 21 heavy (non-hydrogen) atoms. The number of halogens is 2. The number of nitrogens with zero attached hydrogens (tertiary/aromatic N) is 1. The molecule has 2 aromatic carbocycles. The van der Waals surface area contributed by atoms with Gasteiger partial charge in [-0.15, -0.1) is 0 Å². The summed E-state index contributed by atoms with van der Waals surface area (Å²) >= 11 is 3.14. The van der Waals surface area contributed by atoms with Gasteiger partial charge in [0, 0.05) is 12.1 Å². The molecule has 3 rings (SSSR count). The largest absolute Gasteiger partial charge is 0.491 e. The van der Waals surface area contributed by atoms with Gasteiger partial charge in [-0.1, -0.05) is 24.3 Å². The lowest BCUT2D eigenvalue weighted by Crippen LogP contribution is -2.32. The Bertz CT molecular complexity index is 690. The van der Waals surface area contributed by atoms with Crippen molar-refractivity contribution in [1.29, 1.82) is 0 Å². The first-order chi connectivity index (χ1) is 10.2. The number of fused-ring (bicyclic) bond motifs is 1. The molecule has 0 fully saturated rings. The second kappa shape index (κ2) is 5.85. The number of carbonyl (C=O) groups excluding carboxylic acids is 1. The third-order valence-corrected chi connectivity index (χ3v) is 4.23. The first-order valence-electron chi connectivity index (χ1n) is 6.61. The van der Waals surface area contributed by atoms with Gasteiger partial charge >= 0.3 is 0 Å². The number of rotatable bonds is 1. The molecule has 0 N–H and O–H groups in total. The zero-order chi connectivity index (χ0) is 14.8. The number of hydrogen-bond acceptors (Lipinski definition) is 2. The highest BCUT2D eigenvalue weighted by Gasteiger charge is 2.23. The van der Waals surface area contributed by atoms with Crippen molar-refractivity contribution in [2.45, 2.75) is 6.54 Å². The average Bonchev–Trinajstić information content (AvgIpc) is 2.71. The molecule has 0 bridgehead atoms. The Morgan fingerprint density at radius 1 is 1.19 bits per heavy atom. The topological polar surface area (TPSA) is 29.5 Å². The smallest absolute Gasteiger partial charge is 0.255 e. The van der Waals surface area contributed by atoms with Crippen molar-refractivity contribution in [2.75, 3.05) is 13.2 Å². The van der Waals surface area contributed by atoms with Crippen LogP contribution in [0.2, 0.25) is 0 Å². The zero-order valence-corrected chi connectivity index (χ0v) is 12.8. The summed E-state index contributed by atoms with van der Waals surface area (Å²) in [4.78, 5) is 14.3. The van der Waals surface area contributed by atoms with Crippen LogP contribution < -0.4 is 4.74 Å². The van der Waals surface area contributed by atoms with E-state index in [9.17, 15) is 9.18 Å². The fourth-order valence-corrected chi connectivity index (χ4v) is 2.77. The van der Waals surface area contributed by atoms with Gasteiger partial charge in [0.05, 0.1) is 16.6 Å². The van der Waals surface area contributed by atoms with Crippen molar-refractivity contribution >= 4 is 21.8 Å². The molecular weight excluding hydrogens is 337 g/mol. The molecule has 3 nitrogen and oxygen atoms in total. The van der Waals surface area contributed by atoms with Gasteiger partial charge in [-0.2, -0.15) is 0 Å². The van der Waals surface area contributed by atoms with E-state index in [4.69, 9.17) is 4.74 Å². The standard InChI is InChI=1S/C16H13BrFNO2/c17-15-12(5-3-6-13(15)18)16(20)19-8-9-21-14-7-2-1-4-11(14)10-19/h1-7H,8-10H2. The highest BCUT2D eigenvalue weighted by molar-refractivity contribution is 9.10. The number of ether oxygens (including phenoxy) is 1. The quantitative estimate of drug-likeness (QED) is 0.786. The summed E-state index contributed by atoms with van der Waals surface area (Å²) in [5.41, 5.74) is 1.28. The van der Waals surface area contributed by atoms with Gasteiger partial charge in [0.1, 0.15) is 18.2 Å². The average molecular weight is 350 g/mol. The summed E-state index contributed by atoms with van der Waals surface area (Å²) < 4.78 is 19.4. The molecule has 0 spiro atoms. The number of amides is 1. The fourth-order valence-electron chi connectivity index (χ4n) is 2.34. The second-order valence-electron chi connectivity index (χ2n) is 4.78. The van der Waals surface area contributed by atoms with Gasteiger partial charge in [-0.25, -0.2) is 4.39 Å². The Labute approximate surface area is 130 Å². The van der Waals surface area contributed by atoms with Crippen LogP contribution >= 0.6 is 15.9 Å². The van der Waals surface area contributed by atoms with E-state index in [1.54, 1.807) is 11.0 Å². The Morgan fingerprint density at radius 2 is 2.00 bits per heavy atom. The van der Waals surface area contributed by atoms with Crippen LogP contribution in [0.3, 0.4) is 0 Å². The van der Waals surface area contributed by atoms with Crippen LogP contribution in [0.1, 0.15) is 15.9 Å². The number of benzene rings is 2. The normalized spacial score (nSPS) is 14.1. The molecule has 1 heterocycles. The van der Waals surface area contributed by atoms with Crippen LogP contribution in [0.4, 0.5) is 4.39 Å². The van der Waals surface area contributed by atoms with Crippen LogP contribution in [0.15, 0.2) is 46.9 Å². The Morgan fingerprint density at radius 3 is 2.86 bits per heavy atom. The third kappa shape index (κ3) is 2.78. The molecule has 1 aliphatic rings. The first-order valence-corrected chi connectivity index (χ1v) is 7.40. The highest BCUT2D eigenvalue weighted by Crippen LogP contribution is 2.26. The zero-order valence-electron chi connectivity index (χ0n) is 11.2. The van der Waals surface area contributed by atoms with E-state index in [0.29, 0.717) is 25.3 Å². The predicted octanol–water partition coefficient (Wildman–Crippen LogP) is 3.62. The maximum Gasteiger partial charge on any atom is 0.255 e. The molecule has 0 atom stereocenters. The minimum atomic E-state index is -0.438. The molecular formula is C16H13BrFNO2. The molecule has 0 aromatic heterocycles. The molecule has 0 saturated carbocycles. The lowest BCUT2D eigenvalue weighted by atomic mass is 10.1. The Kier molecular flexibility index (Phi) is 3.92. The molecule has 1 aliphatic heterocycles. The Balaban J connectivity index is 1.90.